The number of benzene rings is 2. The summed E-state index contributed by atoms with van der Waals surface area (Å²) in [5.41, 5.74) is 10.4. The van der Waals surface area contributed by atoms with Crippen molar-refractivity contribution in [2.45, 2.75) is 19.3 Å². The molecule has 0 heterocycles. The number of nitrogens with two attached hydrogens (primary N) is 1. The third-order valence-corrected chi connectivity index (χ3v) is 4.77. The van der Waals surface area contributed by atoms with Crippen molar-refractivity contribution in [3.8, 4) is 0 Å². The van der Waals surface area contributed by atoms with Gasteiger partial charge in [0.1, 0.15) is 0 Å². The summed E-state index contributed by atoms with van der Waals surface area (Å²) in [6.07, 6.45) is 3.34. The number of rotatable bonds is 2. The van der Waals surface area contributed by atoms with E-state index >= 15 is 0 Å². The minimum Gasteiger partial charge on any atom is -0.397 e. The van der Waals surface area contributed by atoms with E-state index in [4.69, 9.17) is 5.73 Å². The van der Waals surface area contributed by atoms with Gasteiger partial charge in [0.2, 0.25) is 0 Å². The van der Waals surface area contributed by atoms with Gasteiger partial charge >= 0.3 is 0 Å². The summed E-state index contributed by atoms with van der Waals surface area (Å²) in [5.74, 6) is -0.139. The molecule has 0 spiro atoms. The molecular formula is C16H14Br2N2O. The molecule has 0 aliphatic heterocycles. The quantitative estimate of drug-likeness (QED) is 0.715. The lowest BCUT2D eigenvalue weighted by molar-refractivity contribution is 0.102. The first kappa shape index (κ1) is 14.6. The van der Waals surface area contributed by atoms with Gasteiger partial charge in [0.15, 0.2) is 0 Å². The lowest BCUT2D eigenvalue weighted by atomic mass is 10.1. The highest BCUT2D eigenvalue weighted by molar-refractivity contribution is 9.11. The van der Waals surface area contributed by atoms with Crippen molar-refractivity contribution in [3.63, 3.8) is 0 Å². The third-order valence-electron chi connectivity index (χ3n) is 3.68. The van der Waals surface area contributed by atoms with Gasteiger partial charge in [-0.15, -0.1) is 0 Å². The third kappa shape index (κ3) is 2.99. The largest absolute Gasteiger partial charge is 0.397 e. The molecule has 1 amide bonds. The van der Waals surface area contributed by atoms with Gasteiger partial charge in [-0.05, 0) is 70.6 Å². The standard InChI is InChI=1S/C16H14Br2N2O/c17-12-7-13(18)15(14(19)8-12)20-16(21)11-5-4-9-2-1-3-10(9)6-11/h4-8H,1-3,19H2,(H,20,21). The Kier molecular flexibility index (Phi) is 4.04. The molecule has 3 nitrogen and oxygen atoms in total. The molecule has 108 valence electrons. The van der Waals surface area contributed by atoms with E-state index in [-0.39, 0.29) is 5.91 Å². The molecule has 2 aromatic carbocycles. The Morgan fingerprint density at radius 2 is 1.86 bits per heavy atom. The Balaban J connectivity index is 1.87. The van der Waals surface area contributed by atoms with Gasteiger partial charge < -0.3 is 11.1 Å². The van der Waals surface area contributed by atoms with Crippen LogP contribution in [0.25, 0.3) is 0 Å². The van der Waals surface area contributed by atoms with Crippen molar-refractivity contribution in [1.29, 1.82) is 0 Å². The average molecular weight is 410 g/mol. The number of amides is 1. The second-order valence-corrected chi connectivity index (χ2v) is 6.91. The molecular weight excluding hydrogens is 396 g/mol. The number of nitrogens with one attached hydrogen (secondary N) is 1. The van der Waals surface area contributed by atoms with Crippen LogP contribution in [0.3, 0.4) is 0 Å². The first-order valence-electron chi connectivity index (χ1n) is 6.72. The van der Waals surface area contributed by atoms with Gasteiger partial charge in [0.25, 0.3) is 5.91 Å². The summed E-state index contributed by atoms with van der Waals surface area (Å²) in [7, 11) is 0. The number of hydrogen-bond donors (Lipinski definition) is 2. The molecule has 0 unspecified atom stereocenters. The first-order chi connectivity index (χ1) is 10.0. The molecule has 0 fully saturated rings. The molecule has 2 aromatic rings. The van der Waals surface area contributed by atoms with E-state index in [1.54, 1.807) is 6.07 Å². The Hall–Kier alpha value is -1.33. The van der Waals surface area contributed by atoms with Crippen LogP contribution in [0.2, 0.25) is 0 Å². The fourth-order valence-electron chi connectivity index (χ4n) is 2.62. The highest BCUT2D eigenvalue weighted by Gasteiger charge is 2.16. The van der Waals surface area contributed by atoms with Crippen LogP contribution in [0.5, 0.6) is 0 Å². The number of fused-ring (bicyclic) bond motifs is 1. The van der Waals surface area contributed by atoms with Gasteiger partial charge in [0.05, 0.1) is 11.4 Å². The normalized spacial score (nSPS) is 13.0. The number of hydrogen-bond acceptors (Lipinski definition) is 2. The summed E-state index contributed by atoms with van der Waals surface area (Å²) in [4.78, 5) is 12.4. The Morgan fingerprint density at radius 1 is 1.10 bits per heavy atom. The molecule has 0 saturated carbocycles. The van der Waals surface area contributed by atoms with Gasteiger partial charge in [-0.3, -0.25) is 4.79 Å². The van der Waals surface area contributed by atoms with E-state index in [0.29, 0.717) is 16.9 Å². The van der Waals surface area contributed by atoms with Crippen molar-refractivity contribution in [3.05, 3.63) is 56.0 Å². The number of anilines is 2. The minimum atomic E-state index is -0.139. The number of aryl methyl sites for hydroxylation is 2. The van der Waals surface area contributed by atoms with Gasteiger partial charge in [-0.25, -0.2) is 0 Å². The van der Waals surface area contributed by atoms with Crippen LogP contribution in [-0.2, 0) is 12.8 Å². The van der Waals surface area contributed by atoms with E-state index in [1.807, 2.05) is 18.2 Å². The molecule has 1 aliphatic rings. The zero-order valence-corrected chi connectivity index (χ0v) is 14.4. The predicted octanol–water partition coefficient (Wildman–Crippen LogP) is 4.53. The molecule has 1 aliphatic carbocycles. The minimum absolute atomic E-state index is 0.139. The molecule has 0 aromatic heterocycles. The van der Waals surface area contributed by atoms with Crippen LogP contribution in [0.15, 0.2) is 39.3 Å². The lowest BCUT2D eigenvalue weighted by Gasteiger charge is -2.12. The van der Waals surface area contributed by atoms with Crippen LogP contribution < -0.4 is 11.1 Å². The number of halogens is 2. The van der Waals surface area contributed by atoms with Gasteiger partial charge in [-0.2, -0.15) is 0 Å². The molecule has 3 rings (SSSR count). The summed E-state index contributed by atoms with van der Waals surface area (Å²) >= 11 is 6.79. The molecule has 5 heteroatoms. The van der Waals surface area contributed by atoms with Crippen molar-refractivity contribution in [1.82, 2.24) is 0 Å². The highest BCUT2D eigenvalue weighted by atomic mass is 79.9. The van der Waals surface area contributed by atoms with E-state index in [9.17, 15) is 4.79 Å². The zero-order chi connectivity index (χ0) is 15.0. The maximum atomic E-state index is 12.4. The predicted molar refractivity (Wildman–Crippen MR) is 92.7 cm³/mol. The van der Waals surface area contributed by atoms with Crippen LogP contribution >= 0.6 is 31.9 Å². The van der Waals surface area contributed by atoms with Crippen LogP contribution in [0.1, 0.15) is 27.9 Å². The smallest absolute Gasteiger partial charge is 0.255 e. The summed E-state index contributed by atoms with van der Waals surface area (Å²) in [6, 6.07) is 9.54. The fraction of sp³-hybridized carbons (Fsp3) is 0.188. The molecule has 0 saturated heterocycles. The van der Waals surface area contributed by atoms with E-state index in [2.05, 4.69) is 43.2 Å². The van der Waals surface area contributed by atoms with E-state index in [1.165, 1.54) is 17.5 Å². The van der Waals surface area contributed by atoms with Crippen molar-refractivity contribution >= 4 is 49.1 Å². The van der Waals surface area contributed by atoms with Crippen molar-refractivity contribution in [2.24, 2.45) is 0 Å². The Morgan fingerprint density at radius 3 is 2.62 bits per heavy atom. The maximum Gasteiger partial charge on any atom is 0.255 e. The first-order valence-corrected chi connectivity index (χ1v) is 8.31. The van der Waals surface area contributed by atoms with Crippen LogP contribution in [0.4, 0.5) is 11.4 Å². The monoisotopic (exact) mass is 408 g/mol. The zero-order valence-electron chi connectivity index (χ0n) is 11.2. The number of carbonyl (C=O) groups is 1. The number of carbonyl (C=O) groups excluding carboxylic acids is 1. The average Bonchev–Trinajstić information content (AvgIpc) is 2.89. The summed E-state index contributed by atoms with van der Waals surface area (Å²) in [6.45, 7) is 0. The van der Waals surface area contributed by atoms with E-state index in [0.717, 1.165) is 21.8 Å². The lowest BCUT2D eigenvalue weighted by Crippen LogP contribution is -2.14. The Bertz CT molecular complexity index is 705. The Labute approximate surface area is 140 Å². The molecule has 0 radical (unpaired) electrons. The number of nitrogen functional groups attached to an aromatic ring is 1. The molecule has 0 atom stereocenters. The maximum absolute atomic E-state index is 12.4. The highest BCUT2D eigenvalue weighted by Crippen LogP contribution is 2.33. The summed E-state index contributed by atoms with van der Waals surface area (Å²) in [5, 5.41) is 2.88. The van der Waals surface area contributed by atoms with Gasteiger partial charge in [-0.1, -0.05) is 22.0 Å². The summed E-state index contributed by atoms with van der Waals surface area (Å²) < 4.78 is 1.62. The van der Waals surface area contributed by atoms with E-state index < -0.39 is 0 Å². The fourth-order valence-corrected chi connectivity index (χ4v) is 3.98. The topological polar surface area (TPSA) is 55.1 Å². The molecule has 0 bridgehead atoms. The second-order valence-electron chi connectivity index (χ2n) is 5.14. The molecule has 21 heavy (non-hydrogen) atoms. The molecule has 3 N–H and O–H groups in total. The van der Waals surface area contributed by atoms with Gasteiger partial charge in [0, 0.05) is 14.5 Å². The van der Waals surface area contributed by atoms with Crippen molar-refractivity contribution in [2.75, 3.05) is 11.1 Å². The second kappa shape index (κ2) is 5.81. The SMILES string of the molecule is Nc1cc(Br)cc(Br)c1NC(=O)c1ccc2c(c1)CCC2. The van der Waals surface area contributed by atoms with Crippen LogP contribution in [-0.4, -0.2) is 5.91 Å². The van der Waals surface area contributed by atoms with Crippen LogP contribution in [0, 0.1) is 0 Å². The van der Waals surface area contributed by atoms with Crippen molar-refractivity contribution < 1.29 is 4.79 Å².